The fourth-order valence-corrected chi connectivity index (χ4v) is 3.26. The van der Waals surface area contributed by atoms with E-state index in [1.54, 1.807) is 12.1 Å². The van der Waals surface area contributed by atoms with E-state index in [1.165, 1.54) is 0 Å². The van der Waals surface area contributed by atoms with E-state index >= 15 is 0 Å². The van der Waals surface area contributed by atoms with Gasteiger partial charge in [-0.15, -0.1) is 0 Å². The van der Waals surface area contributed by atoms with Crippen LogP contribution in [0.25, 0.3) is 0 Å². The van der Waals surface area contributed by atoms with Crippen molar-refractivity contribution in [3.63, 3.8) is 0 Å². The third-order valence-corrected chi connectivity index (χ3v) is 3.36. The molecule has 0 bridgehead atoms. The molecule has 0 radical (unpaired) electrons. The highest BCUT2D eigenvalue weighted by Crippen LogP contribution is 2.28. The maximum Gasteiger partial charge on any atom is 0.171 e. The Bertz CT molecular complexity index is 493. The second kappa shape index (κ2) is 6.50. The summed E-state index contributed by atoms with van der Waals surface area (Å²) in [6, 6.07) is 5.28. The van der Waals surface area contributed by atoms with E-state index in [-0.39, 0.29) is 11.0 Å². The monoisotopic (exact) mass is 332 g/mol. The van der Waals surface area contributed by atoms with Gasteiger partial charge in [0.2, 0.25) is 0 Å². The first-order chi connectivity index (χ1) is 8.98. The minimum atomic E-state index is -0.0960. The van der Waals surface area contributed by atoms with Crippen molar-refractivity contribution < 1.29 is 0 Å². The number of thiocarbonyl (C=S) groups is 1. The number of hydrogen-bond acceptors (Lipinski definition) is 1. The quantitative estimate of drug-likeness (QED) is 0.715. The Balaban J connectivity index is 2.68. The van der Waals surface area contributed by atoms with Gasteiger partial charge in [0.05, 0.1) is 10.7 Å². The molecule has 0 saturated heterocycles. The van der Waals surface area contributed by atoms with E-state index in [4.69, 9.17) is 35.4 Å². The van der Waals surface area contributed by atoms with Crippen LogP contribution >= 0.6 is 35.4 Å². The van der Waals surface area contributed by atoms with Crippen molar-refractivity contribution in [2.75, 3.05) is 5.32 Å². The average Bonchev–Trinajstić information content (AvgIpc) is 2.17. The van der Waals surface area contributed by atoms with Gasteiger partial charge in [-0.05, 0) is 56.1 Å². The number of anilines is 1. The van der Waals surface area contributed by atoms with Crippen molar-refractivity contribution in [2.45, 2.75) is 46.6 Å². The molecule has 0 atom stereocenters. The normalized spacial score (nSPS) is 12.2. The Morgan fingerprint density at radius 3 is 2.25 bits per heavy atom. The van der Waals surface area contributed by atoms with Gasteiger partial charge in [-0.1, -0.05) is 44.0 Å². The van der Waals surface area contributed by atoms with Crippen molar-refractivity contribution >= 4 is 46.2 Å². The summed E-state index contributed by atoms with van der Waals surface area (Å²) in [7, 11) is 0. The summed E-state index contributed by atoms with van der Waals surface area (Å²) in [4.78, 5) is 0. The van der Waals surface area contributed by atoms with E-state index in [9.17, 15) is 0 Å². The first-order valence-corrected chi connectivity index (χ1v) is 7.69. The Morgan fingerprint density at radius 1 is 1.15 bits per heavy atom. The summed E-state index contributed by atoms with van der Waals surface area (Å²) in [5.74, 6) is 0. The van der Waals surface area contributed by atoms with Crippen molar-refractivity contribution in [3.05, 3.63) is 28.2 Å². The number of rotatable bonds is 3. The maximum atomic E-state index is 6.12. The van der Waals surface area contributed by atoms with Crippen LogP contribution in [-0.4, -0.2) is 10.7 Å². The van der Waals surface area contributed by atoms with Crippen LogP contribution < -0.4 is 10.6 Å². The third kappa shape index (κ3) is 6.29. The molecule has 0 fully saturated rings. The zero-order valence-corrected chi connectivity index (χ0v) is 14.9. The van der Waals surface area contributed by atoms with Gasteiger partial charge >= 0.3 is 0 Å². The third-order valence-electron chi connectivity index (χ3n) is 2.60. The van der Waals surface area contributed by atoms with Crippen LogP contribution in [0, 0.1) is 5.41 Å². The van der Waals surface area contributed by atoms with Gasteiger partial charge < -0.3 is 10.6 Å². The van der Waals surface area contributed by atoms with Gasteiger partial charge in [0, 0.05) is 10.6 Å². The summed E-state index contributed by atoms with van der Waals surface area (Å²) in [6.07, 6.45) is 0.996. The maximum absolute atomic E-state index is 6.12. The SMILES string of the molecule is CC(C)(C)CC(C)(C)NC(=S)Nc1ccc(Cl)cc1Cl. The highest BCUT2D eigenvalue weighted by atomic mass is 35.5. The Kier molecular flexibility index (Phi) is 5.70. The van der Waals surface area contributed by atoms with Crippen LogP contribution in [-0.2, 0) is 0 Å². The molecule has 0 amide bonds. The van der Waals surface area contributed by atoms with Gasteiger partial charge in [-0.2, -0.15) is 0 Å². The lowest BCUT2D eigenvalue weighted by atomic mass is 9.82. The van der Waals surface area contributed by atoms with Gasteiger partial charge in [-0.3, -0.25) is 0 Å². The van der Waals surface area contributed by atoms with Gasteiger partial charge in [0.15, 0.2) is 5.11 Å². The molecular formula is C15H22Cl2N2S. The number of hydrogen-bond donors (Lipinski definition) is 2. The minimum absolute atomic E-state index is 0.0960. The van der Waals surface area contributed by atoms with E-state index in [2.05, 4.69) is 45.3 Å². The van der Waals surface area contributed by atoms with Crippen molar-refractivity contribution in [2.24, 2.45) is 5.41 Å². The molecule has 0 heterocycles. The topological polar surface area (TPSA) is 24.1 Å². The van der Waals surface area contributed by atoms with E-state index in [0.29, 0.717) is 15.2 Å². The highest BCUT2D eigenvalue weighted by molar-refractivity contribution is 7.80. The van der Waals surface area contributed by atoms with Gasteiger partial charge in [-0.25, -0.2) is 0 Å². The summed E-state index contributed by atoms with van der Waals surface area (Å²) >= 11 is 17.3. The van der Waals surface area contributed by atoms with E-state index in [0.717, 1.165) is 12.1 Å². The molecule has 20 heavy (non-hydrogen) atoms. The lowest BCUT2D eigenvalue weighted by Gasteiger charge is -2.34. The molecule has 0 aromatic heterocycles. The summed E-state index contributed by atoms with van der Waals surface area (Å²) < 4.78 is 0. The Labute approximate surface area is 137 Å². The smallest absolute Gasteiger partial charge is 0.171 e. The first kappa shape index (κ1) is 17.5. The molecule has 0 saturated carbocycles. The van der Waals surface area contributed by atoms with Crippen LogP contribution in [0.1, 0.15) is 41.0 Å². The fraction of sp³-hybridized carbons (Fsp3) is 0.533. The van der Waals surface area contributed by atoms with Crippen molar-refractivity contribution in [1.82, 2.24) is 5.32 Å². The molecular weight excluding hydrogens is 311 g/mol. The van der Waals surface area contributed by atoms with Crippen molar-refractivity contribution in [3.8, 4) is 0 Å². The van der Waals surface area contributed by atoms with Gasteiger partial charge in [0.25, 0.3) is 0 Å². The highest BCUT2D eigenvalue weighted by Gasteiger charge is 2.26. The zero-order valence-electron chi connectivity index (χ0n) is 12.6. The second-order valence-electron chi connectivity index (χ2n) is 6.82. The fourth-order valence-electron chi connectivity index (χ4n) is 2.42. The lowest BCUT2D eigenvalue weighted by molar-refractivity contribution is 0.268. The molecule has 1 rings (SSSR count). The first-order valence-electron chi connectivity index (χ1n) is 6.53. The molecule has 0 spiro atoms. The molecule has 2 nitrogen and oxygen atoms in total. The predicted molar refractivity (Wildman–Crippen MR) is 94.0 cm³/mol. The molecule has 0 aliphatic heterocycles. The lowest BCUT2D eigenvalue weighted by Crippen LogP contribution is -2.47. The Morgan fingerprint density at radius 2 is 1.75 bits per heavy atom. The number of nitrogens with one attached hydrogen (secondary N) is 2. The standard InChI is InChI=1S/C15H22Cl2N2S/c1-14(2,3)9-15(4,5)19-13(20)18-12-7-6-10(16)8-11(12)17/h6-8H,9H2,1-5H3,(H2,18,19,20). The van der Waals surface area contributed by atoms with Crippen LogP contribution in [0.4, 0.5) is 5.69 Å². The second-order valence-corrected chi connectivity index (χ2v) is 8.08. The zero-order chi connectivity index (χ0) is 15.6. The summed E-state index contributed by atoms with van der Waals surface area (Å²) in [5, 5.41) is 8.15. The van der Waals surface area contributed by atoms with Crippen LogP contribution in [0.2, 0.25) is 10.0 Å². The Hall–Kier alpha value is -0.510. The average molecular weight is 333 g/mol. The number of halogens is 2. The molecule has 112 valence electrons. The van der Waals surface area contributed by atoms with E-state index in [1.807, 2.05) is 6.07 Å². The molecule has 0 aliphatic carbocycles. The molecule has 2 N–H and O–H groups in total. The summed E-state index contributed by atoms with van der Waals surface area (Å²) in [6.45, 7) is 10.9. The molecule has 0 aliphatic rings. The molecule has 0 unspecified atom stereocenters. The largest absolute Gasteiger partial charge is 0.358 e. The molecule has 1 aromatic rings. The van der Waals surface area contributed by atoms with Crippen LogP contribution in [0.3, 0.4) is 0 Å². The van der Waals surface area contributed by atoms with Crippen LogP contribution in [0.15, 0.2) is 18.2 Å². The minimum Gasteiger partial charge on any atom is -0.358 e. The van der Waals surface area contributed by atoms with Crippen LogP contribution in [0.5, 0.6) is 0 Å². The van der Waals surface area contributed by atoms with Crippen molar-refractivity contribution in [1.29, 1.82) is 0 Å². The molecule has 5 heteroatoms. The van der Waals surface area contributed by atoms with E-state index < -0.39 is 0 Å². The predicted octanol–water partition coefficient (Wildman–Crippen LogP) is 5.49. The number of benzene rings is 1. The van der Waals surface area contributed by atoms with Gasteiger partial charge in [0.1, 0.15) is 0 Å². The summed E-state index contributed by atoms with van der Waals surface area (Å²) in [5.41, 5.74) is 0.880. The molecule has 1 aromatic carbocycles.